The van der Waals surface area contributed by atoms with Gasteiger partial charge in [-0.1, -0.05) is 41.4 Å². The monoisotopic (exact) mass is 403 g/mol. The first-order valence-corrected chi connectivity index (χ1v) is 9.61. The van der Waals surface area contributed by atoms with E-state index in [2.05, 4.69) is 0 Å². The number of aryl methyl sites for hydroxylation is 1. The number of aliphatic hydroxyl groups excluding tert-OH is 1. The SMILES string of the molecule is COc1ccc(N2C(=O)C(SCCO)=C(c3ccc(C)cc3)C2=O)cc1Cl. The van der Waals surface area contributed by atoms with Crippen LogP contribution in [0.15, 0.2) is 47.4 Å². The van der Waals surface area contributed by atoms with Gasteiger partial charge in [-0.3, -0.25) is 9.59 Å². The van der Waals surface area contributed by atoms with Gasteiger partial charge < -0.3 is 9.84 Å². The fraction of sp³-hybridized carbons (Fsp3) is 0.200. The molecule has 2 aromatic carbocycles. The largest absolute Gasteiger partial charge is 0.495 e. The third kappa shape index (κ3) is 3.74. The zero-order chi connectivity index (χ0) is 19.6. The minimum Gasteiger partial charge on any atom is -0.495 e. The van der Waals surface area contributed by atoms with Crippen LogP contribution in [0, 0.1) is 6.92 Å². The summed E-state index contributed by atoms with van der Waals surface area (Å²) in [6.07, 6.45) is 0. The Morgan fingerprint density at radius 2 is 1.81 bits per heavy atom. The standard InChI is InChI=1S/C20H18ClNO4S/c1-12-3-5-13(6-4-12)17-18(27-10-9-23)20(25)22(19(17)24)14-7-8-16(26-2)15(21)11-14/h3-8,11,23H,9-10H2,1-2H3. The van der Waals surface area contributed by atoms with Gasteiger partial charge in [-0.05, 0) is 30.7 Å². The van der Waals surface area contributed by atoms with Gasteiger partial charge in [0.15, 0.2) is 0 Å². The molecule has 0 atom stereocenters. The van der Waals surface area contributed by atoms with Gasteiger partial charge in [0.1, 0.15) is 5.75 Å². The van der Waals surface area contributed by atoms with E-state index in [0.29, 0.717) is 38.3 Å². The summed E-state index contributed by atoms with van der Waals surface area (Å²) in [7, 11) is 1.49. The Morgan fingerprint density at radius 1 is 1.11 bits per heavy atom. The Bertz CT molecular complexity index is 924. The number of carbonyl (C=O) groups is 2. The lowest BCUT2D eigenvalue weighted by Gasteiger charge is -2.16. The molecule has 1 N–H and O–H groups in total. The molecule has 2 amide bonds. The number of halogens is 1. The van der Waals surface area contributed by atoms with E-state index in [0.717, 1.165) is 10.5 Å². The number of imide groups is 1. The van der Waals surface area contributed by atoms with Crippen molar-refractivity contribution in [1.82, 2.24) is 0 Å². The minimum absolute atomic E-state index is 0.0921. The second kappa shape index (κ2) is 8.17. The van der Waals surface area contributed by atoms with Crippen LogP contribution in [-0.4, -0.2) is 36.4 Å². The Hall–Kier alpha value is -2.28. The van der Waals surface area contributed by atoms with Crippen molar-refractivity contribution in [2.75, 3.05) is 24.4 Å². The summed E-state index contributed by atoms with van der Waals surface area (Å²) in [6, 6.07) is 12.2. The maximum Gasteiger partial charge on any atom is 0.272 e. The molecule has 0 aliphatic carbocycles. The summed E-state index contributed by atoms with van der Waals surface area (Å²) < 4.78 is 5.13. The summed E-state index contributed by atoms with van der Waals surface area (Å²) in [5.74, 6) is -0.0529. The maximum atomic E-state index is 13.1. The van der Waals surface area contributed by atoms with E-state index in [1.807, 2.05) is 31.2 Å². The number of rotatable bonds is 6. The van der Waals surface area contributed by atoms with Gasteiger partial charge >= 0.3 is 0 Å². The first kappa shape index (κ1) is 19.5. The first-order valence-electron chi connectivity index (χ1n) is 8.25. The normalized spacial score (nSPS) is 14.3. The fourth-order valence-electron chi connectivity index (χ4n) is 2.79. The van der Waals surface area contributed by atoms with Gasteiger partial charge in [0.2, 0.25) is 0 Å². The molecule has 7 heteroatoms. The van der Waals surface area contributed by atoms with Crippen LogP contribution in [0.3, 0.4) is 0 Å². The highest BCUT2D eigenvalue weighted by Crippen LogP contribution is 2.40. The number of nitrogens with zero attached hydrogens (tertiary/aromatic N) is 1. The Kier molecular flexibility index (Phi) is 5.89. The average molecular weight is 404 g/mol. The zero-order valence-electron chi connectivity index (χ0n) is 14.9. The number of hydrogen-bond donors (Lipinski definition) is 1. The minimum atomic E-state index is -0.421. The van der Waals surface area contributed by atoms with Gasteiger partial charge in [-0.2, -0.15) is 0 Å². The van der Waals surface area contributed by atoms with Crippen LogP contribution in [0.25, 0.3) is 5.57 Å². The third-order valence-electron chi connectivity index (χ3n) is 4.11. The van der Waals surface area contributed by atoms with E-state index < -0.39 is 11.8 Å². The van der Waals surface area contributed by atoms with E-state index in [4.69, 9.17) is 21.4 Å². The molecular formula is C20H18ClNO4S. The summed E-state index contributed by atoms with van der Waals surface area (Å²) >= 11 is 7.34. The number of benzene rings is 2. The molecule has 5 nitrogen and oxygen atoms in total. The number of ether oxygens (including phenoxy) is 1. The van der Waals surface area contributed by atoms with Gasteiger partial charge in [0.05, 0.1) is 34.9 Å². The highest BCUT2D eigenvalue weighted by Gasteiger charge is 2.40. The van der Waals surface area contributed by atoms with Crippen LogP contribution in [0.1, 0.15) is 11.1 Å². The highest BCUT2D eigenvalue weighted by atomic mass is 35.5. The summed E-state index contributed by atoms with van der Waals surface area (Å²) in [5.41, 5.74) is 2.44. The molecule has 27 heavy (non-hydrogen) atoms. The molecule has 0 saturated carbocycles. The number of anilines is 1. The van der Waals surface area contributed by atoms with Crippen molar-refractivity contribution in [1.29, 1.82) is 0 Å². The van der Waals surface area contributed by atoms with E-state index in [1.54, 1.807) is 12.1 Å². The summed E-state index contributed by atoms with van der Waals surface area (Å²) in [5, 5.41) is 9.47. The number of aliphatic hydroxyl groups is 1. The molecule has 1 heterocycles. The quantitative estimate of drug-likeness (QED) is 0.745. The van der Waals surface area contributed by atoms with Gasteiger partial charge in [0.25, 0.3) is 11.8 Å². The number of amides is 2. The van der Waals surface area contributed by atoms with E-state index in [9.17, 15) is 9.59 Å². The summed E-state index contributed by atoms with van der Waals surface area (Å²) in [6.45, 7) is 1.86. The van der Waals surface area contributed by atoms with Crippen molar-refractivity contribution in [3.8, 4) is 5.75 Å². The number of hydrogen-bond acceptors (Lipinski definition) is 5. The predicted molar refractivity (Wildman–Crippen MR) is 108 cm³/mol. The van der Waals surface area contributed by atoms with Crippen molar-refractivity contribution >= 4 is 46.4 Å². The Labute approximate surface area is 166 Å². The van der Waals surface area contributed by atoms with E-state index in [1.165, 1.54) is 24.9 Å². The van der Waals surface area contributed by atoms with E-state index >= 15 is 0 Å². The number of carbonyl (C=O) groups excluding carboxylic acids is 2. The second-order valence-corrected chi connectivity index (χ2v) is 7.42. The van der Waals surface area contributed by atoms with Crippen LogP contribution in [0.4, 0.5) is 5.69 Å². The lowest BCUT2D eigenvalue weighted by molar-refractivity contribution is -0.119. The average Bonchev–Trinajstić information content (AvgIpc) is 2.90. The third-order valence-corrected chi connectivity index (χ3v) is 5.46. The van der Waals surface area contributed by atoms with Gasteiger partial charge in [0, 0.05) is 5.75 Å². The molecular weight excluding hydrogens is 386 g/mol. The second-order valence-electron chi connectivity index (χ2n) is 5.91. The van der Waals surface area contributed by atoms with Gasteiger partial charge in [-0.15, -0.1) is 11.8 Å². The van der Waals surface area contributed by atoms with Crippen LogP contribution in [0.5, 0.6) is 5.75 Å². The van der Waals surface area contributed by atoms with Crippen LogP contribution < -0.4 is 9.64 Å². The first-order chi connectivity index (χ1) is 13.0. The fourth-order valence-corrected chi connectivity index (χ4v) is 3.91. The topological polar surface area (TPSA) is 66.8 Å². The Balaban J connectivity index is 2.06. The lowest BCUT2D eigenvalue weighted by Crippen LogP contribution is -2.31. The molecule has 1 aliphatic rings. The van der Waals surface area contributed by atoms with Crippen LogP contribution in [-0.2, 0) is 9.59 Å². The van der Waals surface area contributed by atoms with Crippen molar-refractivity contribution in [3.63, 3.8) is 0 Å². The summed E-state index contributed by atoms with van der Waals surface area (Å²) in [4.78, 5) is 27.6. The smallest absolute Gasteiger partial charge is 0.272 e. The highest BCUT2D eigenvalue weighted by molar-refractivity contribution is 8.04. The molecule has 0 spiro atoms. The molecule has 0 unspecified atom stereocenters. The molecule has 1 aliphatic heterocycles. The van der Waals surface area contributed by atoms with Crippen LogP contribution >= 0.6 is 23.4 Å². The Morgan fingerprint density at radius 3 is 2.41 bits per heavy atom. The van der Waals surface area contributed by atoms with Gasteiger partial charge in [-0.25, -0.2) is 4.90 Å². The number of thioether (sulfide) groups is 1. The molecule has 0 bridgehead atoms. The zero-order valence-corrected chi connectivity index (χ0v) is 16.4. The van der Waals surface area contributed by atoms with Crippen molar-refractivity contribution in [2.24, 2.45) is 0 Å². The van der Waals surface area contributed by atoms with Crippen LogP contribution in [0.2, 0.25) is 5.02 Å². The molecule has 0 radical (unpaired) electrons. The molecule has 0 fully saturated rings. The predicted octanol–water partition coefficient (Wildman–Crippen LogP) is 3.67. The lowest BCUT2D eigenvalue weighted by atomic mass is 10.0. The van der Waals surface area contributed by atoms with Crippen molar-refractivity contribution in [3.05, 3.63) is 63.5 Å². The van der Waals surface area contributed by atoms with E-state index in [-0.39, 0.29) is 6.61 Å². The number of methoxy groups -OCH3 is 1. The molecule has 0 aromatic heterocycles. The molecule has 3 rings (SSSR count). The molecule has 0 saturated heterocycles. The maximum absolute atomic E-state index is 13.1. The van der Waals surface area contributed by atoms with Crippen molar-refractivity contribution in [2.45, 2.75) is 6.92 Å². The molecule has 140 valence electrons. The van der Waals surface area contributed by atoms with Crippen molar-refractivity contribution < 1.29 is 19.4 Å². The molecule has 2 aromatic rings.